The summed E-state index contributed by atoms with van der Waals surface area (Å²) in [5.74, 6) is -0.308. The lowest BCUT2D eigenvalue weighted by atomic mass is 10.0. The van der Waals surface area contributed by atoms with E-state index in [0.717, 1.165) is 16.6 Å². The minimum atomic E-state index is -0.503. The minimum absolute atomic E-state index is 0.173. The Balaban J connectivity index is 1.47. The Bertz CT molecular complexity index is 1900. The van der Waals surface area contributed by atoms with E-state index in [0.29, 0.717) is 33.7 Å². The molecule has 4 aromatic heterocycles. The van der Waals surface area contributed by atoms with Crippen molar-refractivity contribution in [1.29, 1.82) is 0 Å². The van der Waals surface area contributed by atoms with E-state index < -0.39 is 6.04 Å². The standard InChI is InChI=1S/C30H25N7O2/c1-19(33-29(38)26-20(2)35-36-17-7-15-31-28(26)36)25-18-22-9-6-8-21(12-13-23-14-16-32-34-23)27(22)30(39)37(25)24-10-4-3-5-11-24/h3-19H,1-2H3,(H,32,34)(H,33,38)/b13-12+/t19-/m1/s1. The zero-order chi connectivity index (χ0) is 26.9. The highest BCUT2D eigenvalue weighted by molar-refractivity contribution is 6.01. The van der Waals surface area contributed by atoms with Crippen LogP contribution < -0.4 is 10.9 Å². The van der Waals surface area contributed by atoms with Crippen LogP contribution in [0.3, 0.4) is 0 Å². The molecule has 4 heterocycles. The van der Waals surface area contributed by atoms with E-state index >= 15 is 0 Å². The molecule has 6 aromatic rings. The summed E-state index contributed by atoms with van der Waals surface area (Å²) in [4.78, 5) is 32.0. The predicted octanol–water partition coefficient (Wildman–Crippen LogP) is 4.73. The molecule has 1 amide bonds. The lowest BCUT2D eigenvalue weighted by Gasteiger charge is -2.21. The van der Waals surface area contributed by atoms with Crippen LogP contribution in [0.2, 0.25) is 0 Å². The molecule has 0 aliphatic heterocycles. The molecule has 1 atom stereocenters. The molecule has 0 saturated carbocycles. The molecule has 2 aromatic carbocycles. The zero-order valence-corrected chi connectivity index (χ0v) is 21.4. The average Bonchev–Trinajstić information content (AvgIpc) is 3.59. The molecule has 0 aliphatic carbocycles. The maximum absolute atomic E-state index is 14.2. The van der Waals surface area contributed by atoms with Crippen LogP contribution in [-0.2, 0) is 0 Å². The normalized spacial score (nSPS) is 12.4. The summed E-state index contributed by atoms with van der Waals surface area (Å²) in [5.41, 5.74) is 4.27. The molecule has 0 saturated heterocycles. The van der Waals surface area contributed by atoms with Gasteiger partial charge in [-0.15, -0.1) is 0 Å². The first-order valence-corrected chi connectivity index (χ1v) is 12.5. The smallest absolute Gasteiger partial charge is 0.263 e. The molecular formula is C30H25N7O2. The van der Waals surface area contributed by atoms with Crippen LogP contribution in [-0.4, -0.2) is 35.3 Å². The molecule has 0 spiro atoms. The molecule has 6 rings (SSSR count). The fraction of sp³-hybridized carbons (Fsp3) is 0.100. The predicted molar refractivity (Wildman–Crippen MR) is 151 cm³/mol. The van der Waals surface area contributed by atoms with Gasteiger partial charge in [0.15, 0.2) is 5.65 Å². The van der Waals surface area contributed by atoms with Gasteiger partial charge in [0.05, 0.1) is 22.8 Å². The highest BCUT2D eigenvalue weighted by Gasteiger charge is 2.23. The number of para-hydroxylation sites is 1. The summed E-state index contributed by atoms with van der Waals surface area (Å²) in [7, 11) is 0. The second-order valence-corrected chi connectivity index (χ2v) is 9.25. The summed E-state index contributed by atoms with van der Waals surface area (Å²) < 4.78 is 3.26. The van der Waals surface area contributed by atoms with Gasteiger partial charge < -0.3 is 5.32 Å². The third kappa shape index (κ3) is 4.40. The second-order valence-electron chi connectivity index (χ2n) is 9.25. The lowest BCUT2D eigenvalue weighted by molar-refractivity contribution is 0.0939. The number of amides is 1. The minimum Gasteiger partial charge on any atom is -0.344 e. The van der Waals surface area contributed by atoms with Crippen molar-refractivity contribution in [3.05, 3.63) is 124 Å². The molecule has 9 nitrogen and oxygen atoms in total. The summed E-state index contributed by atoms with van der Waals surface area (Å²) in [5, 5.41) is 15.7. The Morgan fingerprint density at radius 2 is 1.87 bits per heavy atom. The Morgan fingerprint density at radius 3 is 2.67 bits per heavy atom. The maximum atomic E-state index is 14.2. The molecule has 39 heavy (non-hydrogen) atoms. The highest BCUT2D eigenvalue weighted by Crippen LogP contribution is 2.25. The number of hydrogen-bond donors (Lipinski definition) is 2. The van der Waals surface area contributed by atoms with Crippen molar-refractivity contribution >= 4 is 34.5 Å². The van der Waals surface area contributed by atoms with E-state index in [4.69, 9.17) is 0 Å². The van der Waals surface area contributed by atoms with Crippen molar-refractivity contribution in [2.45, 2.75) is 19.9 Å². The number of aryl methyl sites for hydroxylation is 1. The third-order valence-corrected chi connectivity index (χ3v) is 6.68. The molecule has 0 aliphatic rings. The largest absolute Gasteiger partial charge is 0.344 e. The van der Waals surface area contributed by atoms with Gasteiger partial charge in [0, 0.05) is 30.0 Å². The molecule has 2 N–H and O–H groups in total. The van der Waals surface area contributed by atoms with Crippen molar-refractivity contribution in [2.24, 2.45) is 0 Å². The monoisotopic (exact) mass is 515 g/mol. The van der Waals surface area contributed by atoms with Gasteiger partial charge in [-0.2, -0.15) is 10.2 Å². The van der Waals surface area contributed by atoms with E-state index in [2.05, 4.69) is 25.6 Å². The fourth-order valence-electron chi connectivity index (χ4n) is 4.85. The van der Waals surface area contributed by atoms with Gasteiger partial charge in [0.1, 0.15) is 5.56 Å². The molecule has 0 unspecified atom stereocenters. The van der Waals surface area contributed by atoms with E-state index in [1.165, 1.54) is 0 Å². The Kier molecular flexibility index (Phi) is 6.08. The Labute approximate surface area is 223 Å². The number of rotatable bonds is 6. The molecule has 0 radical (unpaired) electrons. The van der Waals surface area contributed by atoms with Crippen LogP contribution >= 0.6 is 0 Å². The Hall–Kier alpha value is -5.31. The van der Waals surface area contributed by atoms with Crippen LogP contribution in [0.15, 0.2) is 90.1 Å². The van der Waals surface area contributed by atoms with Gasteiger partial charge >= 0.3 is 0 Å². The van der Waals surface area contributed by atoms with Gasteiger partial charge in [-0.25, -0.2) is 9.50 Å². The number of H-pyrrole nitrogens is 1. The number of fused-ring (bicyclic) bond motifs is 2. The molecule has 0 bridgehead atoms. The van der Waals surface area contributed by atoms with Gasteiger partial charge in [0.2, 0.25) is 0 Å². The number of nitrogens with one attached hydrogen (secondary N) is 2. The van der Waals surface area contributed by atoms with E-state index in [9.17, 15) is 9.59 Å². The number of benzene rings is 2. The maximum Gasteiger partial charge on any atom is 0.263 e. The van der Waals surface area contributed by atoms with Crippen LogP contribution in [0.4, 0.5) is 0 Å². The lowest BCUT2D eigenvalue weighted by Crippen LogP contribution is -2.32. The topological polar surface area (TPSA) is 110 Å². The number of nitrogens with zero attached hydrogens (tertiary/aromatic N) is 5. The van der Waals surface area contributed by atoms with Crippen LogP contribution in [0, 0.1) is 6.92 Å². The van der Waals surface area contributed by atoms with Crippen molar-refractivity contribution in [1.82, 2.24) is 34.7 Å². The zero-order valence-electron chi connectivity index (χ0n) is 21.4. The highest BCUT2D eigenvalue weighted by atomic mass is 16.2. The number of aromatic amines is 1. The fourth-order valence-corrected chi connectivity index (χ4v) is 4.85. The van der Waals surface area contributed by atoms with Crippen LogP contribution in [0.25, 0.3) is 34.3 Å². The van der Waals surface area contributed by atoms with Crippen molar-refractivity contribution in [2.75, 3.05) is 0 Å². The molecule has 9 heteroatoms. The quantitative estimate of drug-likeness (QED) is 0.333. The average molecular weight is 516 g/mol. The number of aromatic nitrogens is 6. The van der Waals surface area contributed by atoms with Gasteiger partial charge in [-0.3, -0.25) is 19.3 Å². The molecule has 192 valence electrons. The van der Waals surface area contributed by atoms with E-state index in [1.54, 1.807) is 40.7 Å². The Morgan fingerprint density at radius 1 is 1.03 bits per heavy atom. The number of hydrogen-bond acceptors (Lipinski definition) is 5. The molecular weight excluding hydrogens is 490 g/mol. The van der Waals surface area contributed by atoms with Gasteiger partial charge in [-0.05, 0) is 61.2 Å². The first kappa shape index (κ1) is 24.1. The van der Waals surface area contributed by atoms with Crippen molar-refractivity contribution in [3.63, 3.8) is 0 Å². The first-order chi connectivity index (χ1) is 19.0. The summed E-state index contributed by atoms with van der Waals surface area (Å²) >= 11 is 0. The van der Waals surface area contributed by atoms with Crippen LogP contribution in [0.1, 0.15) is 46.0 Å². The van der Waals surface area contributed by atoms with Gasteiger partial charge in [0.25, 0.3) is 11.5 Å². The molecule has 0 fully saturated rings. The van der Waals surface area contributed by atoms with Crippen molar-refractivity contribution in [3.8, 4) is 5.69 Å². The summed E-state index contributed by atoms with van der Waals surface area (Å²) in [6, 6.07) is 20.3. The summed E-state index contributed by atoms with van der Waals surface area (Å²) in [6.07, 6.45) is 8.85. The number of carbonyl (C=O) groups is 1. The van der Waals surface area contributed by atoms with Crippen LogP contribution in [0.5, 0.6) is 0 Å². The SMILES string of the molecule is Cc1nn2cccnc2c1C(=O)N[C@H](C)c1cc2cccc(/C=C/c3ccn[nH]3)c2c(=O)n1-c1ccccc1. The second kappa shape index (κ2) is 9.86. The summed E-state index contributed by atoms with van der Waals surface area (Å²) in [6.45, 7) is 3.65. The van der Waals surface area contributed by atoms with E-state index in [1.807, 2.05) is 79.7 Å². The number of carbonyl (C=O) groups excluding carboxylic acids is 1. The number of pyridine rings is 1. The first-order valence-electron chi connectivity index (χ1n) is 12.5. The van der Waals surface area contributed by atoms with Gasteiger partial charge in [-0.1, -0.05) is 42.5 Å². The van der Waals surface area contributed by atoms with Crippen molar-refractivity contribution < 1.29 is 4.79 Å². The van der Waals surface area contributed by atoms with E-state index in [-0.39, 0.29) is 11.5 Å². The third-order valence-electron chi connectivity index (χ3n) is 6.68.